The molecule has 104 valence electrons. The van der Waals surface area contributed by atoms with Crippen LogP contribution in [-0.4, -0.2) is 22.8 Å². The Morgan fingerprint density at radius 1 is 1.37 bits per heavy atom. The Balaban J connectivity index is 2.13. The predicted molar refractivity (Wildman–Crippen MR) is 63.8 cm³/mol. The highest BCUT2D eigenvalue weighted by Gasteiger charge is 2.62. The van der Waals surface area contributed by atoms with Gasteiger partial charge in [0.25, 0.3) is 0 Å². The summed E-state index contributed by atoms with van der Waals surface area (Å²) in [7, 11) is 0. The summed E-state index contributed by atoms with van der Waals surface area (Å²) in [6.07, 6.45) is -4.08. The van der Waals surface area contributed by atoms with Gasteiger partial charge in [0, 0.05) is 12.1 Å². The number of nitrogens with one attached hydrogen (secondary N) is 1. The first kappa shape index (κ1) is 13.7. The number of hydrogen-bond acceptors (Lipinski definition) is 3. The quantitative estimate of drug-likeness (QED) is 0.340. The summed E-state index contributed by atoms with van der Waals surface area (Å²) < 4.78 is 38.3. The number of rotatable bonds is 4. The molecular formula is C12H14F3N3O. The van der Waals surface area contributed by atoms with Gasteiger partial charge in [-0.1, -0.05) is 29.4 Å². The minimum absolute atomic E-state index is 0.0197. The second-order valence-corrected chi connectivity index (χ2v) is 4.58. The van der Waals surface area contributed by atoms with Gasteiger partial charge in [-0.05, 0) is 18.4 Å². The molecule has 1 aliphatic carbocycles. The SMILES string of the molecule is N/C(=N/O)c1ccccc1CNC1(C(F)(F)F)CC1. The largest absolute Gasteiger partial charge is 0.409 e. The van der Waals surface area contributed by atoms with Crippen LogP contribution in [0.1, 0.15) is 24.0 Å². The van der Waals surface area contributed by atoms with Crippen molar-refractivity contribution < 1.29 is 18.4 Å². The number of nitrogens with two attached hydrogens (primary N) is 1. The lowest BCUT2D eigenvalue weighted by Crippen LogP contribution is -2.44. The third-order valence-corrected chi connectivity index (χ3v) is 3.31. The smallest absolute Gasteiger partial charge is 0.406 e. The number of nitrogens with zero attached hydrogens (tertiary/aromatic N) is 1. The van der Waals surface area contributed by atoms with Crippen LogP contribution in [0.25, 0.3) is 0 Å². The molecule has 1 saturated carbocycles. The lowest BCUT2D eigenvalue weighted by molar-refractivity contribution is -0.166. The highest BCUT2D eigenvalue weighted by atomic mass is 19.4. The van der Waals surface area contributed by atoms with Gasteiger partial charge in [0.2, 0.25) is 0 Å². The first-order valence-electron chi connectivity index (χ1n) is 5.77. The number of alkyl halides is 3. The van der Waals surface area contributed by atoms with E-state index in [0.29, 0.717) is 11.1 Å². The van der Waals surface area contributed by atoms with Crippen LogP contribution in [0, 0.1) is 0 Å². The Bertz CT molecular complexity index is 495. The molecule has 2 rings (SSSR count). The Hall–Kier alpha value is -1.76. The van der Waals surface area contributed by atoms with E-state index in [4.69, 9.17) is 10.9 Å². The molecule has 7 heteroatoms. The van der Waals surface area contributed by atoms with Crippen LogP contribution in [0.2, 0.25) is 0 Å². The molecular weight excluding hydrogens is 259 g/mol. The average molecular weight is 273 g/mol. The normalized spacial score (nSPS) is 18.4. The van der Waals surface area contributed by atoms with E-state index in [1.807, 2.05) is 0 Å². The molecule has 0 spiro atoms. The van der Waals surface area contributed by atoms with Gasteiger partial charge < -0.3 is 10.9 Å². The van der Waals surface area contributed by atoms with E-state index in [1.165, 1.54) is 0 Å². The lowest BCUT2D eigenvalue weighted by atomic mass is 10.1. The van der Waals surface area contributed by atoms with Crippen LogP contribution < -0.4 is 11.1 Å². The molecule has 0 saturated heterocycles. The fourth-order valence-electron chi connectivity index (χ4n) is 1.93. The van der Waals surface area contributed by atoms with E-state index in [2.05, 4.69) is 10.5 Å². The zero-order valence-corrected chi connectivity index (χ0v) is 10.0. The highest BCUT2D eigenvalue weighted by molar-refractivity contribution is 5.98. The number of halogens is 3. The summed E-state index contributed by atoms with van der Waals surface area (Å²) in [6, 6.07) is 6.61. The summed E-state index contributed by atoms with van der Waals surface area (Å²) in [5.74, 6) is -0.116. The third-order valence-electron chi connectivity index (χ3n) is 3.31. The topological polar surface area (TPSA) is 70.6 Å². The number of oxime groups is 1. The fourth-order valence-corrected chi connectivity index (χ4v) is 1.93. The molecule has 1 fully saturated rings. The van der Waals surface area contributed by atoms with Gasteiger partial charge in [-0.25, -0.2) is 0 Å². The molecule has 0 amide bonds. The van der Waals surface area contributed by atoms with Crippen LogP contribution in [0.15, 0.2) is 29.4 Å². The first-order valence-corrected chi connectivity index (χ1v) is 5.77. The molecule has 1 aromatic carbocycles. The molecule has 1 aromatic rings. The highest BCUT2D eigenvalue weighted by Crippen LogP contribution is 2.49. The van der Waals surface area contributed by atoms with E-state index in [9.17, 15) is 13.2 Å². The van der Waals surface area contributed by atoms with Gasteiger partial charge in [0.1, 0.15) is 5.54 Å². The Morgan fingerprint density at radius 2 is 2.00 bits per heavy atom. The average Bonchev–Trinajstić information content (AvgIpc) is 3.16. The van der Waals surface area contributed by atoms with E-state index in [0.717, 1.165) is 0 Å². The van der Waals surface area contributed by atoms with Crippen molar-refractivity contribution in [1.82, 2.24) is 5.32 Å². The van der Waals surface area contributed by atoms with Gasteiger partial charge in [0.15, 0.2) is 5.84 Å². The van der Waals surface area contributed by atoms with Crippen LogP contribution >= 0.6 is 0 Å². The van der Waals surface area contributed by atoms with Crippen molar-refractivity contribution in [1.29, 1.82) is 0 Å². The van der Waals surface area contributed by atoms with Gasteiger partial charge in [0.05, 0.1) is 0 Å². The van der Waals surface area contributed by atoms with Crippen LogP contribution in [0.3, 0.4) is 0 Å². The van der Waals surface area contributed by atoms with Crippen molar-refractivity contribution in [2.75, 3.05) is 0 Å². The minimum atomic E-state index is -4.25. The number of benzene rings is 1. The standard InChI is InChI=1S/C12H14F3N3O/c13-12(14,15)11(5-6-11)17-7-8-3-1-2-4-9(8)10(16)18-19/h1-4,17,19H,5-7H2,(H2,16,18). The molecule has 19 heavy (non-hydrogen) atoms. The molecule has 0 radical (unpaired) electrons. The summed E-state index contributed by atoms with van der Waals surface area (Å²) in [4.78, 5) is 0. The van der Waals surface area contributed by atoms with Crippen LogP contribution in [0.5, 0.6) is 0 Å². The monoisotopic (exact) mass is 273 g/mol. The molecule has 0 atom stereocenters. The van der Waals surface area contributed by atoms with Gasteiger partial charge >= 0.3 is 6.18 Å². The van der Waals surface area contributed by atoms with E-state index < -0.39 is 11.7 Å². The van der Waals surface area contributed by atoms with Crippen LogP contribution in [0.4, 0.5) is 13.2 Å². The number of amidine groups is 1. The van der Waals surface area contributed by atoms with Crippen molar-refractivity contribution in [3.05, 3.63) is 35.4 Å². The van der Waals surface area contributed by atoms with Crippen molar-refractivity contribution in [3.8, 4) is 0 Å². The molecule has 0 unspecified atom stereocenters. The van der Waals surface area contributed by atoms with Gasteiger partial charge in [-0.2, -0.15) is 13.2 Å². The first-order chi connectivity index (χ1) is 8.89. The van der Waals surface area contributed by atoms with Crippen LogP contribution in [-0.2, 0) is 6.54 Å². The summed E-state index contributed by atoms with van der Waals surface area (Å²) in [5, 5.41) is 14.0. The van der Waals surface area contributed by atoms with Crippen molar-refractivity contribution in [2.24, 2.45) is 10.9 Å². The summed E-state index contributed by atoms with van der Waals surface area (Å²) in [5.41, 5.74) is 4.70. The molecule has 1 aliphatic rings. The second kappa shape index (κ2) is 4.73. The van der Waals surface area contributed by atoms with E-state index >= 15 is 0 Å². The van der Waals surface area contributed by atoms with Crippen molar-refractivity contribution >= 4 is 5.84 Å². The third kappa shape index (κ3) is 2.65. The summed E-state index contributed by atoms with van der Waals surface area (Å²) in [6.45, 7) is 0.0197. The molecule has 4 N–H and O–H groups in total. The van der Waals surface area contributed by atoms with Crippen molar-refractivity contribution in [3.63, 3.8) is 0 Å². The maximum absolute atomic E-state index is 12.8. The maximum Gasteiger partial charge on any atom is 0.406 e. The zero-order valence-electron chi connectivity index (χ0n) is 10.0. The fraction of sp³-hybridized carbons (Fsp3) is 0.417. The molecule has 4 nitrogen and oxygen atoms in total. The van der Waals surface area contributed by atoms with E-state index in [-0.39, 0.29) is 25.2 Å². The zero-order chi connectivity index (χ0) is 14.1. The molecule has 0 heterocycles. The van der Waals surface area contributed by atoms with E-state index in [1.54, 1.807) is 24.3 Å². The predicted octanol–water partition coefficient (Wildman–Crippen LogP) is 1.97. The summed E-state index contributed by atoms with van der Waals surface area (Å²) >= 11 is 0. The second-order valence-electron chi connectivity index (χ2n) is 4.58. The Morgan fingerprint density at radius 3 is 2.53 bits per heavy atom. The Labute approximate surface area is 108 Å². The molecule has 0 bridgehead atoms. The minimum Gasteiger partial charge on any atom is -0.409 e. The van der Waals surface area contributed by atoms with Gasteiger partial charge in [-0.3, -0.25) is 5.32 Å². The molecule has 0 aromatic heterocycles. The Kier molecular flexibility index (Phi) is 3.40. The van der Waals surface area contributed by atoms with Crippen molar-refractivity contribution in [2.45, 2.75) is 31.1 Å². The maximum atomic E-state index is 12.8. The molecule has 0 aliphatic heterocycles. The lowest BCUT2D eigenvalue weighted by Gasteiger charge is -2.21. The number of hydrogen-bond donors (Lipinski definition) is 3. The van der Waals surface area contributed by atoms with Gasteiger partial charge in [-0.15, -0.1) is 0 Å².